The number of aromatic amines is 1. The zero-order chi connectivity index (χ0) is 22.9. The minimum Gasteiger partial charge on any atom is -0.508 e. The first kappa shape index (κ1) is 23.7. The van der Waals surface area contributed by atoms with E-state index in [-0.39, 0.29) is 29.2 Å². The first-order chi connectivity index (χ1) is 16.0. The van der Waals surface area contributed by atoms with Crippen LogP contribution in [0.2, 0.25) is 0 Å². The van der Waals surface area contributed by atoms with Crippen molar-refractivity contribution < 1.29 is 9.50 Å². The van der Waals surface area contributed by atoms with Crippen LogP contribution in [0.1, 0.15) is 41.8 Å². The first-order valence-electron chi connectivity index (χ1n) is 11.2. The second-order valence-corrected chi connectivity index (χ2v) is 8.51. The number of piperidine rings is 1. The number of nitrogens with zero attached hydrogens (tertiary/aromatic N) is 4. The fourth-order valence-corrected chi connectivity index (χ4v) is 4.64. The zero-order valence-corrected chi connectivity index (χ0v) is 20.5. The summed E-state index contributed by atoms with van der Waals surface area (Å²) in [7, 11) is 0. The molecule has 2 aromatic carbocycles. The highest BCUT2D eigenvalue weighted by atomic mass is 79.9. The molecule has 8 heteroatoms. The van der Waals surface area contributed by atoms with Crippen molar-refractivity contribution in [3.05, 3.63) is 70.8 Å². The molecule has 2 N–H and O–H groups in total. The van der Waals surface area contributed by atoms with Gasteiger partial charge in [0, 0.05) is 42.5 Å². The van der Waals surface area contributed by atoms with E-state index in [1.165, 1.54) is 37.1 Å². The normalized spacial score (nSPS) is 13.5. The molecule has 0 unspecified atom stereocenters. The fourth-order valence-electron chi connectivity index (χ4n) is 4.64. The third kappa shape index (κ3) is 4.36. The van der Waals surface area contributed by atoms with Crippen LogP contribution in [0.25, 0.3) is 22.2 Å². The molecular formula is C26H25BrFN5O. The minimum atomic E-state index is -0.536. The molecule has 2 aromatic heterocycles. The SMILES string of the molecule is Br.Cc1[nH]nc2nc(Cc3ccc(O)cc3F)c(C#N)c(-c3ccc(N4CCCCC4)cc3)c12. The molecule has 1 aliphatic rings. The van der Waals surface area contributed by atoms with Gasteiger partial charge < -0.3 is 10.0 Å². The second kappa shape index (κ2) is 9.82. The Hall–Kier alpha value is -3.44. The van der Waals surface area contributed by atoms with Crippen molar-refractivity contribution in [1.29, 1.82) is 5.26 Å². The van der Waals surface area contributed by atoms with Gasteiger partial charge in [0.15, 0.2) is 5.65 Å². The summed E-state index contributed by atoms with van der Waals surface area (Å²) in [4.78, 5) is 6.99. The topological polar surface area (TPSA) is 88.8 Å². The van der Waals surface area contributed by atoms with Crippen molar-refractivity contribution in [3.63, 3.8) is 0 Å². The first-order valence-corrected chi connectivity index (χ1v) is 11.2. The lowest BCUT2D eigenvalue weighted by atomic mass is 9.93. The van der Waals surface area contributed by atoms with Gasteiger partial charge in [0.1, 0.15) is 17.6 Å². The molecule has 0 amide bonds. The Morgan fingerprint density at radius 1 is 1.12 bits per heavy atom. The number of nitrogens with one attached hydrogen (secondary N) is 1. The van der Waals surface area contributed by atoms with E-state index in [1.54, 1.807) is 0 Å². The number of nitriles is 1. The third-order valence-electron chi connectivity index (χ3n) is 6.34. The number of halogens is 2. The second-order valence-electron chi connectivity index (χ2n) is 8.51. The van der Waals surface area contributed by atoms with Gasteiger partial charge in [-0.1, -0.05) is 18.2 Å². The molecule has 0 bridgehead atoms. The number of hydrogen-bond acceptors (Lipinski definition) is 5. The van der Waals surface area contributed by atoms with Gasteiger partial charge in [-0.3, -0.25) is 5.10 Å². The van der Waals surface area contributed by atoms with Crippen LogP contribution in [-0.2, 0) is 6.42 Å². The molecule has 1 aliphatic heterocycles. The Bertz CT molecular complexity index is 1370. The molecule has 0 atom stereocenters. The summed E-state index contributed by atoms with van der Waals surface area (Å²) in [5.74, 6) is -0.677. The smallest absolute Gasteiger partial charge is 0.182 e. The number of phenolic OH excluding ortho intramolecular Hbond substituents is 1. The van der Waals surface area contributed by atoms with Crippen LogP contribution in [0.5, 0.6) is 5.75 Å². The van der Waals surface area contributed by atoms with E-state index in [4.69, 9.17) is 0 Å². The lowest BCUT2D eigenvalue weighted by Crippen LogP contribution is -2.29. The number of benzene rings is 2. The van der Waals surface area contributed by atoms with E-state index in [9.17, 15) is 14.8 Å². The van der Waals surface area contributed by atoms with Crippen LogP contribution in [0.15, 0.2) is 42.5 Å². The van der Waals surface area contributed by atoms with Gasteiger partial charge in [-0.25, -0.2) is 9.37 Å². The van der Waals surface area contributed by atoms with Gasteiger partial charge >= 0.3 is 0 Å². The van der Waals surface area contributed by atoms with Crippen molar-refractivity contribution >= 4 is 33.7 Å². The highest BCUT2D eigenvalue weighted by Gasteiger charge is 2.21. The van der Waals surface area contributed by atoms with Crippen LogP contribution in [0.4, 0.5) is 10.1 Å². The number of rotatable bonds is 4. The zero-order valence-electron chi connectivity index (χ0n) is 18.8. The fraction of sp³-hybridized carbons (Fsp3) is 0.269. The van der Waals surface area contributed by atoms with Gasteiger partial charge in [-0.05, 0) is 55.5 Å². The van der Waals surface area contributed by atoms with Crippen LogP contribution in [0.3, 0.4) is 0 Å². The molecule has 4 aromatic rings. The van der Waals surface area contributed by atoms with Gasteiger partial charge in [-0.2, -0.15) is 10.4 Å². The minimum absolute atomic E-state index is 0. The summed E-state index contributed by atoms with van der Waals surface area (Å²) < 4.78 is 14.4. The van der Waals surface area contributed by atoms with E-state index in [2.05, 4.69) is 38.3 Å². The van der Waals surface area contributed by atoms with E-state index in [1.807, 2.05) is 19.1 Å². The number of H-pyrrole nitrogens is 1. The number of fused-ring (bicyclic) bond motifs is 1. The maximum Gasteiger partial charge on any atom is 0.182 e. The van der Waals surface area contributed by atoms with Gasteiger partial charge in [0.25, 0.3) is 0 Å². The van der Waals surface area contributed by atoms with E-state index >= 15 is 0 Å². The third-order valence-corrected chi connectivity index (χ3v) is 6.34. The molecule has 0 radical (unpaired) electrons. The average Bonchev–Trinajstić information content (AvgIpc) is 3.21. The van der Waals surface area contributed by atoms with Crippen LogP contribution < -0.4 is 4.90 Å². The van der Waals surface area contributed by atoms with Crippen LogP contribution >= 0.6 is 17.0 Å². The Morgan fingerprint density at radius 3 is 2.53 bits per heavy atom. The van der Waals surface area contributed by atoms with Crippen LogP contribution in [-0.4, -0.2) is 33.4 Å². The molecular weight excluding hydrogens is 497 g/mol. The Labute approximate surface area is 207 Å². The lowest BCUT2D eigenvalue weighted by Gasteiger charge is -2.29. The predicted octanol–water partition coefficient (Wildman–Crippen LogP) is 5.81. The number of aromatic hydroxyl groups is 1. The average molecular weight is 522 g/mol. The summed E-state index contributed by atoms with van der Waals surface area (Å²) in [5.41, 5.74) is 5.38. The summed E-state index contributed by atoms with van der Waals surface area (Å²) in [6.45, 7) is 4.03. The molecule has 3 heterocycles. The number of aryl methyl sites for hydroxylation is 1. The highest BCUT2D eigenvalue weighted by Crippen LogP contribution is 2.36. The van der Waals surface area contributed by atoms with Crippen molar-refractivity contribution in [2.45, 2.75) is 32.6 Å². The Morgan fingerprint density at radius 2 is 1.85 bits per heavy atom. The van der Waals surface area contributed by atoms with Gasteiger partial charge in [-0.15, -0.1) is 17.0 Å². The summed E-state index contributed by atoms with van der Waals surface area (Å²) in [5, 5.41) is 27.8. The van der Waals surface area contributed by atoms with Gasteiger partial charge in [0.05, 0.1) is 16.6 Å². The molecule has 6 nitrogen and oxygen atoms in total. The van der Waals surface area contributed by atoms with Crippen molar-refractivity contribution in [1.82, 2.24) is 15.2 Å². The number of aromatic nitrogens is 3. The summed E-state index contributed by atoms with van der Waals surface area (Å²) >= 11 is 0. The molecule has 174 valence electrons. The van der Waals surface area contributed by atoms with Crippen molar-refractivity contribution in [2.24, 2.45) is 0 Å². The van der Waals surface area contributed by atoms with Crippen molar-refractivity contribution in [3.8, 4) is 22.9 Å². The molecule has 5 rings (SSSR count). The predicted molar refractivity (Wildman–Crippen MR) is 136 cm³/mol. The molecule has 0 saturated carbocycles. The number of hydrogen-bond donors (Lipinski definition) is 2. The van der Waals surface area contributed by atoms with Crippen molar-refractivity contribution in [2.75, 3.05) is 18.0 Å². The van der Waals surface area contributed by atoms with E-state index < -0.39 is 5.82 Å². The molecule has 0 aliphatic carbocycles. The molecule has 1 fully saturated rings. The Kier molecular flexibility index (Phi) is 6.85. The molecule has 1 saturated heterocycles. The quantitative estimate of drug-likeness (QED) is 0.353. The summed E-state index contributed by atoms with van der Waals surface area (Å²) in [6.07, 6.45) is 3.81. The maximum absolute atomic E-state index is 14.4. The molecule has 0 spiro atoms. The largest absolute Gasteiger partial charge is 0.508 e. The standard InChI is InChI=1S/C26H24FN5O.BrH/c1-16-24-25(17-5-8-19(9-6-17)32-11-3-2-4-12-32)21(15-28)23(29-26(24)31-30-16)13-18-7-10-20(33)14-22(18)27;/h5-10,14,33H,2-4,11-13H2,1H3,(H,29,30,31);1H. The van der Waals surface area contributed by atoms with E-state index in [0.29, 0.717) is 22.5 Å². The number of pyridine rings is 1. The highest BCUT2D eigenvalue weighted by molar-refractivity contribution is 8.93. The van der Waals surface area contributed by atoms with E-state index in [0.717, 1.165) is 41.4 Å². The lowest BCUT2D eigenvalue weighted by molar-refractivity contribution is 0.468. The number of anilines is 1. The molecule has 34 heavy (non-hydrogen) atoms. The van der Waals surface area contributed by atoms with Gasteiger partial charge in [0.2, 0.25) is 0 Å². The monoisotopic (exact) mass is 521 g/mol. The maximum atomic E-state index is 14.4. The summed E-state index contributed by atoms with van der Waals surface area (Å²) in [6, 6.07) is 14.6. The van der Waals surface area contributed by atoms with Crippen LogP contribution in [0, 0.1) is 24.1 Å². The number of phenols is 1. The Balaban J connectivity index is 0.00000274.